The molecule has 0 amide bonds. The first-order valence-electron chi connectivity index (χ1n) is 7.49. The van der Waals surface area contributed by atoms with Crippen LogP contribution >= 0.6 is 0 Å². The molecule has 9 heteroatoms. The fourth-order valence-electron chi connectivity index (χ4n) is 2.17. The molecule has 134 valence electrons. The highest BCUT2D eigenvalue weighted by Gasteiger charge is 2.16. The second kappa shape index (κ2) is 8.15. The van der Waals surface area contributed by atoms with Crippen LogP contribution in [0.2, 0.25) is 0 Å². The zero-order valence-corrected chi connectivity index (χ0v) is 14.3. The molecule has 0 spiro atoms. The lowest BCUT2D eigenvalue weighted by Crippen LogP contribution is -2.31. The molecule has 25 heavy (non-hydrogen) atoms. The van der Waals surface area contributed by atoms with Gasteiger partial charge in [0, 0.05) is 31.8 Å². The molecule has 2 aromatic carbocycles. The predicted octanol–water partition coefficient (Wildman–Crippen LogP) is 2.11. The maximum atomic E-state index is 13.2. The van der Waals surface area contributed by atoms with E-state index in [-0.39, 0.29) is 22.9 Å². The summed E-state index contributed by atoms with van der Waals surface area (Å²) in [5, 5.41) is 13.8. The number of hydrogen-bond acceptors (Lipinski definition) is 5. The van der Waals surface area contributed by atoms with Crippen molar-refractivity contribution in [1.29, 1.82) is 0 Å². The molecule has 7 nitrogen and oxygen atoms in total. The number of nitrogens with one attached hydrogen (secondary N) is 2. The molecule has 0 heterocycles. The lowest BCUT2D eigenvalue weighted by Gasteiger charge is -2.08. The van der Waals surface area contributed by atoms with Crippen LogP contribution in [0, 0.1) is 22.9 Å². The monoisotopic (exact) mass is 367 g/mol. The molecule has 0 aliphatic carbocycles. The van der Waals surface area contributed by atoms with Crippen molar-refractivity contribution in [2.75, 3.05) is 13.1 Å². The summed E-state index contributed by atoms with van der Waals surface area (Å²) < 4.78 is 39.8. The van der Waals surface area contributed by atoms with Crippen LogP contribution in [-0.4, -0.2) is 26.4 Å². The zero-order chi connectivity index (χ0) is 18.4. The third-order valence-corrected chi connectivity index (χ3v) is 4.94. The molecule has 0 aliphatic rings. The minimum atomic E-state index is -3.82. The average Bonchev–Trinajstić information content (AvgIpc) is 2.57. The topological polar surface area (TPSA) is 101 Å². The standard InChI is InChI=1S/C16H18FN3O4S/c1-12-9-13(5-6-16(12)17)11-18-7-8-19-25(23,24)15-4-2-3-14(10-15)20(21)22/h2-6,9-10,18-19H,7-8,11H2,1H3. The van der Waals surface area contributed by atoms with Crippen LogP contribution in [-0.2, 0) is 16.6 Å². The van der Waals surface area contributed by atoms with Gasteiger partial charge in [0.05, 0.1) is 9.82 Å². The van der Waals surface area contributed by atoms with Crippen molar-refractivity contribution in [3.05, 3.63) is 69.5 Å². The molecule has 0 unspecified atom stereocenters. The summed E-state index contributed by atoms with van der Waals surface area (Å²) >= 11 is 0. The van der Waals surface area contributed by atoms with Crippen LogP contribution < -0.4 is 10.0 Å². The third kappa shape index (κ3) is 5.31. The number of sulfonamides is 1. The van der Waals surface area contributed by atoms with Crippen LogP contribution in [0.25, 0.3) is 0 Å². The van der Waals surface area contributed by atoms with Crippen LogP contribution in [0.15, 0.2) is 47.4 Å². The molecule has 0 saturated carbocycles. The Morgan fingerprint density at radius 2 is 1.92 bits per heavy atom. The quantitative estimate of drug-likeness (QED) is 0.423. The van der Waals surface area contributed by atoms with Gasteiger partial charge in [-0.25, -0.2) is 17.5 Å². The van der Waals surface area contributed by atoms with Crippen molar-refractivity contribution < 1.29 is 17.7 Å². The molecule has 2 rings (SSSR count). The van der Waals surface area contributed by atoms with Crippen molar-refractivity contribution >= 4 is 15.7 Å². The number of aryl methyl sites for hydroxylation is 1. The lowest BCUT2D eigenvalue weighted by molar-refractivity contribution is -0.385. The summed E-state index contributed by atoms with van der Waals surface area (Å²) in [5.74, 6) is -0.270. The fourth-order valence-corrected chi connectivity index (χ4v) is 3.24. The molecule has 2 aromatic rings. The van der Waals surface area contributed by atoms with E-state index in [2.05, 4.69) is 10.0 Å². The van der Waals surface area contributed by atoms with Crippen molar-refractivity contribution in [1.82, 2.24) is 10.0 Å². The zero-order valence-electron chi connectivity index (χ0n) is 13.5. The summed E-state index contributed by atoms with van der Waals surface area (Å²) in [6.45, 7) is 2.61. The summed E-state index contributed by atoms with van der Waals surface area (Å²) in [6.07, 6.45) is 0. The van der Waals surface area contributed by atoms with E-state index in [1.165, 1.54) is 24.3 Å². The number of nitro benzene ring substituents is 1. The largest absolute Gasteiger partial charge is 0.311 e. The van der Waals surface area contributed by atoms with Crippen molar-refractivity contribution in [3.8, 4) is 0 Å². The maximum Gasteiger partial charge on any atom is 0.270 e. The molecule has 0 aliphatic heterocycles. The fraction of sp³-hybridized carbons (Fsp3) is 0.250. The van der Waals surface area contributed by atoms with E-state index in [1.807, 2.05) is 0 Å². The van der Waals surface area contributed by atoms with E-state index in [0.717, 1.165) is 11.6 Å². The number of non-ortho nitro benzene ring substituents is 1. The lowest BCUT2D eigenvalue weighted by atomic mass is 10.1. The molecular formula is C16H18FN3O4S. The van der Waals surface area contributed by atoms with Gasteiger partial charge >= 0.3 is 0 Å². The van der Waals surface area contributed by atoms with Gasteiger partial charge in [-0.15, -0.1) is 0 Å². The minimum absolute atomic E-state index is 0.116. The number of halogens is 1. The molecule has 0 radical (unpaired) electrons. The highest BCUT2D eigenvalue weighted by molar-refractivity contribution is 7.89. The highest BCUT2D eigenvalue weighted by atomic mass is 32.2. The Labute approximate surface area is 145 Å². The number of benzene rings is 2. The molecule has 0 fully saturated rings. The van der Waals surface area contributed by atoms with E-state index in [0.29, 0.717) is 18.7 Å². The van der Waals surface area contributed by atoms with Crippen LogP contribution in [0.1, 0.15) is 11.1 Å². The van der Waals surface area contributed by atoms with Gasteiger partial charge < -0.3 is 5.32 Å². The Morgan fingerprint density at radius 1 is 1.16 bits per heavy atom. The second-order valence-corrected chi connectivity index (χ2v) is 7.18. The Kier molecular flexibility index (Phi) is 6.18. The van der Waals surface area contributed by atoms with Gasteiger partial charge in [0.2, 0.25) is 10.0 Å². The maximum absolute atomic E-state index is 13.2. The first-order chi connectivity index (χ1) is 11.8. The van der Waals surface area contributed by atoms with Crippen LogP contribution in [0.3, 0.4) is 0 Å². The van der Waals surface area contributed by atoms with Gasteiger partial charge in [0.15, 0.2) is 0 Å². The van der Waals surface area contributed by atoms with Gasteiger partial charge in [-0.1, -0.05) is 18.2 Å². The number of nitro groups is 1. The summed E-state index contributed by atoms with van der Waals surface area (Å²) in [6, 6.07) is 9.61. The van der Waals surface area contributed by atoms with Gasteiger partial charge in [0.25, 0.3) is 5.69 Å². The summed E-state index contributed by atoms with van der Waals surface area (Å²) in [5.41, 5.74) is 1.15. The van der Waals surface area contributed by atoms with Gasteiger partial charge in [-0.05, 0) is 30.2 Å². The summed E-state index contributed by atoms with van der Waals surface area (Å²) in [7, 11) is -3.82. The number of rotatable bonds is 8. The number of hydrogen-bond donors (Lipinski definition) is 2. The van der Waals surface area contributed by atoms with Gasteiger partial charge in [0.1, 0.15) is 5.82 Å². The molecule has 0 atom stereocenters. The Morgan fingerprint density at radius 3 is 2.60 bits per heavy atom. The van der Waals surface area contributed by atoms with E-state index in [1.54, 1.807) is 19.1 Å². The van der Waals surface area contributed by atoms with Gasteiger partial charge in [-0.3, -0.25) is 10.1 Å². The van der Waals surface area contributed by atoms with Crippen molar-refractivity contribution in [2.45, 2.75) is 18.4 Å². The molecular weight excluding hydrogens is 349 g/mol. The van der Waals surface area contributed by atoms with E-state index in [4.69, 9.17) is 0 Å². The second-order valence-electron chi connectivity index (χ2n) is 5.41. The normalized spacial score (nSPS) is 11.4. The van der Waals surface area contributed by atoms with Crippen molar-refractivity contribution in [3.63, 3.8) is 0 Å². The predicted molar refractivity (Wildman–Crippen MR) is 91.1 cm³/mol. The number of nitrogens with zero attached hydrogens (tertiary/aromatic N) is 1. The van der Waals surface area contributed by atoms with Crippen LogP contribution in [0.4, 0.5) is 10.1 Å². The molecule has 0 aromatic heterocycles. The third-order valence-electron chi connectivity index (χ3n) is 3.48. The molecule has 2 N–H and O–H groups in total. The SMILES string of the molecule is Cc1cc(CNCCNS(=O)(=O)c2cccc([N+](=O)[O-])c2)ccc1F. The molecule has 0 bridgehead atoms. The summed E-state index contributed by atoms with van der Waals surface area (Å²) in [4.78, 5) is 9.91. The smallest absolute Gasteiger partial charge is 0.270 e. The van der Waals surface area contributed by atoms with E-state index < -0.39 is 14.9 Å². The molecule has 0 saturated heterocycles. The minimum Gasteiger partial charge on any atom is -0.311 e. The van der Waals surface area contributed by atoms with E-state index in [9.17, 15) is 22.9 Å². The average molecular weight is 367 g/mol. The first-order valence-corrected chi connectivity index (χ1v) is 8.98. The Balaban J connectivity index is 1.85. The Bertz CT molecular complexity index is 871. The first kappa shape index (κ1) is 19.0. The van der Waals surface area contributed by atoms with Crippen molar-refractivity contribution in [2.24, 2.45) is 0 Å². The highest BCUT2D eigenvalue weighted by Crippen LogP contribution is 2.16. The van der Waals surface area contributed by atoms with Gasteiger partial charge in [-0.2, -0.15) is 0 Å². The Hall–Kier alpha value is -2.36. The van der Waals surface area contributed by atoms with E-state index >= 15 is 0 Å². The van der Waals surface area contributed by atoms with Crippen LogP contribution in [0.5, 0.6) is 0 Å².